The van der Waals surface area contributed by atoms with Crippen LogP contribution in [0.3, 0.4) is 0 Å². The maximum Gasteiger partial charge on any atom is 0.251 e. The van der Waals surface area contributed by atoms with E-state index in [-0.39, 0.29) is 23.6 Å². The summed E-state index contributed by atoms with van der Waals surface area (Å²) < 4.78 is 24.0. The number of nitrogens with one attached hydrogen (secondary N) is 1. The molecule has 1 aromatic heterocycles. The van der Waals surface area contributed by atoms with Crippen LogP contribution in [0.15, 0.2) is 36.9 Å². The molecule has 1 saturated carbocycles. The standard InChI is InChI=1S/C15H18N4O3S/c1-23(21,22)8-11-6-13(7-11)18-15(20)12-2-4-14(5-3-12)19-10-16-9-17-19/h2-5,9-11,13H,6-8H2,1H3,(H,18,20). The van der Waals surface area contributed by atoms with Crippen molar-refractivity contribution >= 4 is 15.7 Å². The fourth-order valence-electron chi connectivity index (χ4n) is 2.79. The first-order chi connectivity index (χ1) is 10.9. The number of sulfone groups is 1. The molecule has 0 atom stereocenters. The van der Waals surface area contributed by atoms with E-state index in [1.54, 1.807) is 35.3 Å². The molecule has 23 heavy (non-hydrogen) atoms. The average molecular weight is 334 g/mol. The van der Waals surface area contributed by atoms with Crippen molar-refractivity contribution in [1.29, 1.82) is 0 Å². The van der Waals surface area contributed by atoms with Crippen LogP contribution in [0.5, 0.6) is 0 Å². The third kappa shape index (κ3) is 3.95. The number of nitrogens with zero attached hydrogens (tertiary/aromatic N) is 3. The Labute approximate surface area is 134 Å². The Morgan fingerprint density at radius 1 is 1.30 bits per heavy atom. The van der Waals surface area contributed by atoms with Gasteiger partial charge in [0.2, 0.25) is 0 Å². The molecule has 0 bridgehead atoms. The van der Waals surface area contributed by atoms with E-state index in [1.165, 1.54) is 12.6 Å². The zero-order chi connectivity index (χ0) is 16.4. The lowest BCUT2D eigenvalue weighted by Gasteiger charge is -2.35. The number of aromatic nitrogens is 3. The van der Waals surface area contributed by atoms with Gasteiger partial charge in [-0.15, -0.1) is 0 Å². The molecule has 3 rings (SSSR count). The largest absolute Gasteiger partial charge is 0.349 e. The second-order valence-corrected chi connectivity index (χ2v) is 8.17. The molecule has 1 heterocycles. The molecule has 1 aliphatic carbocycles. The molecule has 0 spiro atoms. The van der Waals surface area contributed by atoms with Crippen LogP contribution in [0.25, 0.3) is 5.69 Å². The molecular weight excluding hydrogens is 316 g/mol. The fourth-order valence-corrected chi connectivity index (χ4v) is 3.92. The Kier molecular flexibility index (Phi) is 4.16. The van der Waals surface area contributed by atoms with Crippen molar-refractivity contribution in [1.82, 2.24) is 20.1 Å². The van der Waals surface area contributed by atoms with Crippen molar-refractivity contribution in [2.45, 2.75) is 18.9 Å². The van der Waals surface area contributed by atoms with Gasteiger partial charge in [-0.05, 0) is 43.0 Å². The Hall–Kier alpha value is -2.22. The Balaban J connectivity index is 1.54. The molecule has 0 saturated heterocycles. The molecular formula is C15H18N4O3S. The fraction of sp³-hybridized carbons (Fsp3) is 0.400. The zero-order valence-electron chi connectivity index (χ0n) is 12.7. The normalized spacial score (nSPS) is 20.7. The van der Waals surface area contributed by atoms with Crippen LogP contribution in [0, 0.1) is 5.92 Å². The quantitative estimate of drug-likeness (QED) is 0.874. The van der Waals surface area contributed by atoms with Crippen molar-refractivity contribution in [3.05, 3.63) is 42.5 Å². The van der Waals surface area contributed by atoms with Crippen LogP contribution >= 0.6 is 0 Å². The van der Waals surface area contributed by atoms with Crippen molar-refractivity contribution in [2.24, 2.45) is 5.92 Å². The summed E-state index contributed by atoms with van der Waals surface area (Å²) in [5.41, 5.74) is 1.40. The number of hydrogen-bond acceptors (Lipinski definition) is 5. The van der Waals surface area contributed by atoms with Gasteiger partial charge in [0.05, 0.1) is 11.4 Å². The Morgan fingerprint density at radius 2 is 2.00 bits per heavy atom. The van der Waals surface area contributed by atoms with Crippen molar-refractivity contribution < 1.29 is 13.2 Å². The number of hydrogen-bond donors (Lipinski definition) is 1. The van der Waals surface area contributed by atoms with Gasteiger partial charge >= 0.3 is 0 Å². The predicted octanol–water partition coefficient (Wildman–Crippen LogP) is 0.820. The van der Waals surface area contributed by atoms with E-state index >= 15 is 0 Å². The zero-order valence-corrected chi connectivity index (χ0v) is 13.5. The SMILES string of the molecule is CS(=O)(=O)CC1CC(NC(=O)c2ccc(-n3cncn3)cc2)C1. The van der Waals surface area contributed by atoms with Crippen LogP contribution in [0.2, 0.25) is 0 Å². The number of amides is 1. The van der Waals surface area contributed by atoms with Crippen LogP contribution in [-0.2, 0) is 9.84 Å². The summed E-state index contributed by atoms with van der Waals surface area (Å²) in [6, 6.07) is 7.13. The molecule has 122 valence electrons. The molecule has 0 unspecified atom stereocenters. The highest BCUT2D eigenvalue weighted by Gasteiger charge is 2.32. The minimum atomic E-state index is -2.94. The van der Waals surface area contributed by atoms with Gasteiger partial charge in [-0.1, -0.05) is 0 Å². The van der Waals surface area contributed by atoms with Gasteiger partial charge in [0.25, 0.3) is 5.91 Å². The lowest BCUT2D eigenvalue weighted by Crippen LogP contribution is -2.46. The number of carbonyl (C=O) groups is 1. The smallest absolute Gasteiger partial charge is 0.251 e. The van der Waals surface area contributed by atoms with E-state index in [4.69, 9.17) is 0 Å². The van der Waals surface area contributed by atoms with Gasteiger partial charge in [-0.2, -0.15) is 5.10 Å². The highest BCUT2D eigenvalue weighted by atomic mass is 32.2. The monoisotopic (exact) mass is 334 g/mol. The summed E-state index contributed by atoms with van der Waals surface area (Å²) in [6.07, 6.45) is 5.72. The first-order valence-corrected chi connectivity index (χ1v) is 9.40. The molecule has 2 aromatic rings. The van der Waals surface area contributed by atoms with Gasteiger partial charge in [0.1, 0.15) is 22.5 Å². The van der Waals surface area contributed by atoms with Gasteiger partial charge in [-0.25, -0.2) is 18.1 Å². The van der Waals surface area contributed by atoms with E-state index in [0.717, 1.165) is 18.5 Å². The molecule has 0 radical (unpaired) electrons. The lowest BCUT2D eigenvalue weighted by atomic mass is 9.81. The predicted molar refractivity (Wildman–Crippen MR) is 85.0 cm³/mol. The van der Waals surface area contributed by atoms with E-state index < -0.39 is 9.84 Å². The van der Waals surface area contributed by atoms with Crippen molar-refractivity contribution in [3.8, 4) is 5.69 Å². The second kappa shape index (κ2) is 6.11. The molecule has 1 fully saturated rings. The van der Waals surface area contributed by atoms with Crippen LogP contribution < -0.4 is 5.32 Å². The van der Waals surface area contributed by atoms with Gasteiger partial charge in [-0.3, -0.25) is 4.79 Å². The summed E-state index contributed by atoms with van der Waals surface area (Å²) >= 11 is 0. The molecule has 1 N–H and O–H groups in total. The summed E-state index contributed by atoms with van der Waals surface area (Å²) in [4.78, 5) is 16.0. The minimum Gasteiger partial charge on any atom is -0.349 e. The highest BCUT2D eigenvalue weighted by Crippen LogP contribution is 2.28. The Morgan fingerprint density at radius 3 is 2.57 bits per heavy atom. The topological polar surface area (TPSA) is 94.0 Å². The Bertz CT molecular complexity index is 779. The van der Waals surface area contributed by atoms with Crippen molar-refractivity contribution in [2.75, 3.05) is 12.0 Å². The van der Waals surface area contributed by atoms with E-state index in [0.29, 0.717) is 5.56 Å². The second-order valence-electron chi connectivity index (χ2n) is 5.99. The molecule has 0 aliphatic heterocycles. The molecule has 8 heteroatoms. The summed E-state index contributed by atoms with van der Waals surface area (Å²) in [6.45, 7) is 0. The van der Waals surface area contributed by atoms with E-state index in [1.807, 2.05) is 0 Å². The summed E-state index contributed by atoms with van der Waals surface area (Å²) in [5.74, 6) is 0.217. The van der Waals surface area contributed by atoms with Crippen LogP contribution in [0.1, 0.15) is 23.2 Å². The third-order valence-electron chi connectivity index (χ3n) is 3.92. The van der Waals surface area contributed by atoms with Gasteiger partial charge in [0, 0.05) is 17.9 Å². The molecule has 1 aromatic carbocycles. The summed E-state index contributed by atoms with van der Waals surface area (Å²) in [5, 5.41) is 6.96. The van der Waals surface area contributed by atoms with Gasteiger partial charge < -0.3 is 5.32 Å². The minimum absolute atomic E-state index is 0.0595. The third-order valence-corrected chi connectivity index (χ3v) is 5.00. The first-order valence-electron chi connectivity index (χ1n) is 7.34. The van der Waals surface area contributed by atoms with Crippen LogP contribution in [0.4, 0.5) is 0 Å². The maximum absolute atomic E-state index is 12.2. The molecule has 1 aliphatic rings. The highest BCUT2D eigenvalue weighted by molar-refractivity contribution is 7.90. The van der Waals surface area contributed by atoms with E-state index in [9.17, 15) is 13.2 Å². The van der Waals surface area contributed by atoms with E-state index in [2.05, 4.69) is 15.4 Å². The van der Waals surface area contributed by atoms with Crippen molar-refractivity contribution in [3.63, 3.8) is 0 Å². The number of benzene rings is 1. The molecule has 7 nitrogen and oxygen atoms in total. The molecule has 1 amide bonds. The van der Waals surface area contributed by atoms with Crippen LogP contribution in [-0.4, -0.2) is 47.1 Å². The maximum atomic E-state index is 12.2. The number of rotatable bonds is 5. The summed E-state index contributed by atoms with van der Waals surface area (Å²) in [7, 11) is -2.94. The number of carbonyl (C=O) groups excluding carboxylic acids is 1. The first kappa shape index (κ1) is 15.7. The lowest BCUT2D eigenvalue weighted by molar-refractivity contribution is 0.0897. The van der Waals surface area contributed by atoms with Gasteiger partial charge in [0.15, 0.2) is 0 Å². The average Bonchev–Trinajstić information content (AvgIpc) is 2.98.